The quantitative estimate of drug-likeness (QED) is 0.240. The van der Waals surface area contributed by atoms with Crippen LogP contribution in [-0.2, 0) is 21.6 Å². The Balaban J connectivity index is 1.16. The van der Waals surface area contributed by atoms with Gasteiger partial charge in [-0.3, -0.25) is 9.59 Å². The van der Waals surface area contributed by atoms with Gasteiger partial charge in [0, 0.05) is 41.1 Å². The number of rotatable bonds is 8. The molecular formula is C32H27F4N5O6. The van der Waals surface area contributed by atoms with Gasteiger partial charge in [-0.15, -0.1) is 8.78 Å². The molecule has 244 valence electrons. The van der Waals surface area contributed by atoms with E-state index in [1.54, 1.807) is 6.92 Å². The molecule has 2 fully saturated rings. The summed E-state index contributed by atoms with van der Waals surface area (Å²) in [5, 5.41) is 19.1. The van der Waals surface area contributed by atoms with Crippen LogP contribution >= 0.6 is 0 Å². The van der Waals surface area contributed by atoms with E-state index < -0.39 is 40.7 Å². The highest BCUT2D eigenvalue weighted by molar-refractivity contribution is 5.98. The molecule has 2 atom stereocenters. The molecule has 4 aliphatic rings. The second kappa shape index (κ2) is 9.56. The average molecular weight is 654 g/mol. The number of pyridine rings is 1. The molecule has 2 aliphatic heterocycles. The lowest BCUT2D eigenvalue weighted by molar-refractivity contribution is -0.286. The van der Waals surface area contributed by atoms with Crippen LogP contribution in [0.15, 0.2) is 42.6 Å². The molecule has 2 aromatic carbocycles. The van der Waals surface area contributed by atoms with Crippen molar-refractivity contribution >= 4 is 22.7 Å². The summed E-state index contributed by atoms with van der Waals surface area (Å²) in [6.07, 6.45) is -0.785. The number of primary amides is 1. The Morgan fingerprint density at radius 3 is 2.57 bits per heavy atom. The first-order valence-corrected chi connectivity index (χ1v) is 15.0. The van der Waals surface area contributed by atoms with E-state index in [4.69, 9.17) is 15.5 Å². The minimum Gasteiger partial charge on any atom is -0.489 e. The van der Waals surface area contributed by atoms with Crippen LogP contribution in [0, 0.1) is 11.7 Å². The highest BCUT2D eigenvalue weighted by Crippen LogP contribution is 2.51. The number of amides is 2. The summed E-state index contributed by atoms with van der Waals surface area (Å²) in [5.74, 6) is -4.48. The van der Waals surface area contributed by atoms with Crippen molar-refractivity contribution in [2.45, 2.75) is 55.7 Å². The molecule has 4 heterocycles. The van der Waals surface area contributed by atoms with Crippen molar-refractivity contribution in [1.82, 2.24) is 20.1 Å². The second-order valence-electron chi connectivity index (χ2n) is 12.8. The number of nitrogens with one attached hydrogen (secondary N) is 1. The molecule has 11 nitrogen and oxygen atoms in total. The van der Waals surface area contributed by atoms with E-state index >= 15 is 0 Å². The zero-order valence-corrected chi connectivity index (χ0v) is 24.8. The Bertz CT molecular complexity index is 2030. The van der Waals surface area contributed by atoms with Crippen LogP contribution in [-0.4, -0.2) is 51.1 Å². The van der Waals surface area contributed by atoms with Crippen LogP contribution in [0.2, 0.25) is 0 Å². The summed E-state index contributed by atoms with van der Waals surface area (Å²) in [5.41, 5.74) is 3.34. The summed E-state index contributed by atoms with van der Waals surface area (Å²) >= 11 is 0. The number of fused-ring (bicyclic) bond motifs is 3. The first-order chi connectivity index (χ1) is 22.2. The molecule has 4 aromatic rings. The number of carbonyl (C=O) groups is 2. The minimum atomic E-state index is -3.86. The first-order valence-electron chi connectivity index (χ1n) is 15.0. The number of hydrogen-bond acceptors (Lipinski definition) is 8. The maximum absolute atomic E-state index is 15.0. The van der Waals surface area contributed by atoms with Crippen molar-refractivity contribution in [1.29, 1.82) is 0 Å². The van der Waals surface area contributed by atoms with Crippen LogP contribution < -0.4 is 25.3 Å². The van der Waals surface area contributed by atoms with E-state index in [0.717, 1.165) is 10.7 Å². The van der Waals surface area contributed by atoms with Gasteiger partial charge in [-0.05, 0) is 62.1 Å². The van der Waals surface area contributed by atoms with Gasteiger partial charge in [-0.2, -0.15) is 5.10 Å². The van der Waals surface area contributed by atoms with Crippen molar-refractivity contribution in [3.63, 3.8) is 0 Å². The maximum Gasteiger partial charge on any atom is 0.586 e. The molecule has 2 amide bonds. The lowest BCUT2D eigenvalue weighted by Gasteiger charge is -2.30. The normalized spacial score (nSPS) is 22.8. The molecular weight excluding hydrogens is 626 g/mol. The number of nitrogens with zero attached hydrogens (tertiary/aromatic N) is 3. The summed E-state index contributed by atoms with van der Waals surface area (Å²) in [7, 11) is 0. The summed E-state index contributed by atoms with van der Waals surface area (Å²) in [6, 6.07) is 7.91. The van der Waals surface area contributed by atoms with E-state index in [-0.39, 0.29) is 82.6 Å². The molecule has 2 saturated carbocycles. The fourth-order valence-electron chi connectivity index (χ4n) is 6.18. The van der Waals surface area contributed by atoms with E-state index in [9.17, 15) is 32.3 Å². The smallest absolute Gasteiger partial charge is 0.489 e. The van der Waals surface area contributed by atoms with E-state index in [2.05, 4.69) is 19.9 Å². The highest BCUT2D eigenvalue weighted by Gasteiger charge is 2.51. The largest absolute Gasteiger partial charge is 0.586 e. The third-order valence-electron chi connectivity index (χ3n) is 9.40. The zero-order chi connectivity index (χ0) is 33.1. The van der Waals surface area contributed by atoms with Crippen molar-refractivity contribution in [3.05, 3.63) is 65.2 Å². The number of halogens is 4. The Morgan fingerprint density at radius 1 is 1.13 bits per heavy atom. The molecule has 4 N–H and O–H groups in total. The van der Waals surface area contributed by atoms with Gasteiger partial charge in [0.1, 0.15) is 34.6 Å². The van der Waals surface area contributed by atoms with Crippen LogP contribution in [0.5, 0.6) is 17.2 Å². The van der Waals surface area contributed by atoms with Crippen molar-refractivity contribution in [2.24, 2.45) is 11.7 Å². The van der Waals surface area contributed by atoms with E-state index in [1.807, 2.05) is 0 Å². The molecule has 2 aliphatic carbocycles. The molecule has 0 bridgehead atoms. The number of carbonyl (C=O) groups excluding carboxylic acids is 2. The number of nitrogens with two attached hydrogens (primary N) is 1. The minimum absolute atomic E-state index is 0.0640. The van der Waals surface area contributed by atoms with Gasteiger partial charge in [0.15, 0.2) is 17.3 Å². The number of alkyl halides is 3. The predicted octanol–water partition coefficient (Wildman–Crippen LogP) is 4.14. The lowest BCUT2D eigenvalue weighted by Crippen LogP contribution is -2.44. The lowest BCUT2D eigenvalue weighted by atomic mass is 9.81. The Morgan fingerprint density at radius 2 is 1.87 bits per heavy atom. The van der Waals surface area contributed by atoms with Crippen molar-refractivity contribution in [2.75, 3.05) is 13.2 Å². The molecule has 0 radical (unpaired) electrons. The van der Waals surface area contributed by atoms with Gasteiger partial charge in [0.05, 0.1) is 12.2 Å². The zero-order valence-electron chi connectivity index (χ0n) is 24.8. The van der Waals surface area contributed by atoms with Crippen molar-refractivity contribution in [3.8, 4) is 28.5 Å². The van der Waals surface area contributed by atoms with Crippen LogP contribution in [0.4, 0.5) is 17.6 Å². The first kappa shape index (κ1) is 29.5. The molecule has 8 rings (SSSR count). The molecule has 0 saturated heterocycles. The van der Waals surface area contributed by atoms with Gasteiger partial charge in [-0.25, -0.2) is 18.4 Å². The van der Waals surface area contributed by atoms with E-state index in [0.29, 0.717) is 18.4 Å². The van der Waals surface area contributed by atoms with Crippen molar-refractivity contribution < 1.29 is 46.5 Å². The third kappa shape index (κ3) is 4.66. The summed E-state index contributed by atoms with van der Waals surface area (Å²) in [4.78, 5) is 30.7. The van der Waals surface area contributed by atoms with Crippen LogP contribution in [0.3, 0.4) is 0 Å². The molecule has 0 unspecified atom stereocenters. The monoisotopic (exact) mass is 653 g/mol. The predicted molar refractivity (Wildman–Crippen MR) is 155 cm³/mol. The van der Waals surface area contributed by atoms with Gasteiger partial charge < -0.3 is 30.4 Å². The third-order valence-corrected chi connectivity index (χ3v) is 9.40. The number of benzene rings is 2. The summed E-state index contributed by atoms with van der Waals surface area (Å²) < 4.78 is 73.1. The number of aromatic nitrogens is 3. The maximum atomic E-state index is 15.0. The standard InChI is InChI=1S/C32H27F4N5O6/c1-29(28(37)43)14-45-26-19(29)11-23(39-25(26)15-2-5-21-22(10-15)47-32(35,36)46-21)31(44,18-3-4-18)13-38-27(42)16-8-17-12-41(30(34)6-7-30)40-24(17)20(33)9-16/h2,5,8-12,18,44H,3-4,6-7,13-14H2,1H3,(H2,37,43)(H,38,42)/t29-,31+/m0/s1. The molecule has 15 heteroatoms. The van der Waals surface area contributed by atoms with Gasteiger partial charge >= 0.3 is 6.29 Å². The fourth-order valence-corrected chi connectivity index (χ4v) is 6.18. The molecule has 2 aromatic heterocycles. The SMILES string of the molecule is C[C@]1(C(N)=O)COc2c1cc([C@@](O)(CNC(=O)c1cc(F)c3nn(C4(F)CC4)cc3c1)C1CC1)nc2-c1ccc2c(c1)OC(F)(F)O2. The topological polar surface area (TPSA) is 151 Å². The Kier molecular flexibility index (Phi) is 6.00. The van der Waals surface area contributed by atoms with Gasteiger partial charge in [-0.1, -0.05) is 0 Å². The van der Waals surface area contributed by atoms with Gasteiger partial charge in [0.2, 0.25) is 11.7 Å². The molecule has 0 spiro atoms. The van der Waals surface area contributed by atoms with Crippen LogP contribution in [0.25, 0.3) is 22.2 Å². The average Bonchev–Trinajstić information content (AvgIpc) is 3.91. The van der Waals surface area contributed by atoms with Gasteiger partial charge in [0.25, 0.3) is 5.91 Å². The second-order valence-corrected chi connectivity index (χ2v) is 12.8. The number of ether oxygens (including phenoxy) is 3. The number of aliphatic hydroxyl groups is 1. The Labute approximate surface area is 263 Å². The Hall–Kier alpha value is -4.92. The number of hydrogen-bond donors (Lipinski definition) is 3. The molecule has 47 heavy (non-hydrogen) atoms. The van der Waals surface area contributed by atoms with E-state index in [1.165, 1.54) is 36.5 Å². The van der Waals surface area contributed by atoms with Crippen LogP contribution in [0.1, 0.15) is 54.2 Å². The fraction of sp³-hybridized carbons (Fsp3) is 0.375. The highest BCUT2D eigenvalue weighted by atomic mass is 19.3. The summed E-state index contributed by atoms with van der Waals surface area (Å²) in [6.45, 7) is 1.09.